The molecule has 2 aromatic heterocycles. The number of benzene rings is 2. The van der Waals surface area contributed by atoms with Crippen LogP contribution in [0.5, 0.6) is 0 Å². The van der Waals surface area contributed by atoms with Crippen LogP contribution < -0.4 is 10.3 Å². The van der Waals surface area contributed by atoms with E-state index in [9.17, 15) is 19.7 Å². The molecule has 0 saturated carbocycles. The number of amides is 1. The number of carbonyl (C=O) groups excluding carboxylic acids is 1. The minimum atomic E-state index is -0.816. The van der Waals surface area contributed by atoms with Crippen molar-refractivity contribution in [3.8, 4) is 0 Å². The fourth-order valence-electron chi connectivity index (χ4n) is 3.75. The van der Waals surface area contributed by atoms with E-state index in [-0.39, 0.29) is 22.4 Å². The molecule has 1 atom stereocenters. The van der Waals surface area contributed by atoms with Gasteiger partial charge >= 0.3 is 0 Å². The number of hydrogen-bond acceptors (Lipinski definition) is 6. The second-order valence-electron chi connectivity index (χ2n) is 6.78. The van der Waals surface area contributed by atoms with Gasteiger partial charge in [-0.25, -0.2) is 4.98 Å². The van der Waals surface area contributed by atoms with Gasteiger partial charge in [0.2, 0.25) is 5.76 Å². The van der Waals surface area contributed by atoms with Crippen molar-refractivity contribution in [3.63, 3.8) is 0 Å². The van der Waals surface area contributed by atoms with Crippen molar-refractivity contribution >= 4 is 28.4 Å². The molecule has 1 amide bonds. The Labute approximate surface area is 169 Å². The summed E-state index contributed by atoms with van der Waals surface area (Å²) < 4.78 is 5.84. The third-order valence-electron chi connectivity index (χ3n) is 5.09. The molecule has 0 aliphatic carbocycles. The number of non-ortho nitro benzene ring substituents is 1. The lowest BCUT2D eigenvalue weighted by atomic mass is 9.98. The Hall–Kier alpha value is -4.33. The lowest BCUT2D eigenvalue weighted by Crippen LogP contribution is -2.30. The van der Waals surface area contributed by atoms with Crippen LogP contribution in [0.4, 0.5) is 11.5 Å². The van der Waals surface area contributed by atoms with Gasteiger partial charge in [-0.15, -0.1) is 0 Å². The lowest BCUT2D eigenvalue weighted by molar-refractivity contribution is -0.384. The van der Waals surface area contributed by atoms with Crippen molar-refractivity contribution in [1.29, 1.82) is 0 Å². The molecule has 4 aromatic rings. The number of nitro benzene ring substituents is 1. The second kappa shape index (κ2) is 6.63. The Morgan fingerprint density at radius 1 is 0.967 bits per heavy atom. The van der Waals surface area contributed by atoms with Gasteiger partial charge in [-0.1, -0.05) is 18.2 Å². The molecule has 146 valence electrons. The number of fused-ring (bicyclic) bond motifs is 2. The number of carbonyl (C=O) groups is 1. The van der Waals surface area contributed by atoms with E-state index < -0.39 is 16.9 Å². The second-order valence-corrected chi connectivity index (χ2v) is 6.78. The first-order valence-corrected chi connectivity index (χ1v) is 9.11. The maximum Gasteiger partial charge on any atom is 0.296 e. The van der Waals surface area contributed by atoms with E-state index in [0.717, 1.165) is 0 Å². The number of aromatic nitrogens is 1. The van der Waals surface area contributed by atoms with E-state index in [0.29, 0.717) is 22.4 Å². The fourth-order valence-corrected chi connectivity index (χ4v) is 3.75. The zero-order valence-electron chi connectivity index (χ0n) is 15.4. The topological polar surface area (TPSA) is 107 Å². The molecule has 0 unspecified atom stereocenters. The van der Waals surface area contributed by atoms with Crippen LogP contribution in [-0.2, 0) is 0 Å². The minimum Gasteiger partial charge on any atom is -0.450 e. The van der Waals surface area contributed by atoms with Crippen LogP contribution in [0.25, 0.3) is 11.0 Å². The average molecular weight is 399 g/mol. The first-order valence-electron chi connectivity index (χ1n) is 9.11. The molecular formula is C22H13N3O5. The van der Waals surface area contributed by atoms with Gasteiger partial charge in [-0.05, 0) is 42.0 Å². The van der Waals surface area contributed by atoms with Crippen LogP contribution in [0.15, 0.2) is 82.1 Å². The van der Waals surface area contributed by atoms with E-state index in [1.165, 1.54) is 29.2 Å². The van der Waals surface area contributed by atoms with Gasteiger partial charge in [0.25, 0.3) is 11.6 Å². The Kier molecular flexibility index (Phi) is 3.92. The molecule has 1 aliphatic heterocycles. The van der Waals surface area contributed by atoms with E-state index in [1.807, 2.05) is 0 Å². The van der Waals surface area contributed by atoms with E-state index >= 15 is 0 Å². The maximum atomic E-state index is 13.3. The van der Waals surface area contributed by atoms with Crippen LogP contribution >= 0.6 is 0 Å². The van der Waals surface area contributed by atoms with Crippen LogP contribution in [0, 0.1) is 10.1 Å². The molecular weight excluding hydrogens is 386 g/mol. The van der Waals surface area contributed by atoms with Gasteiger partial charge in [0.05, 0.1) is 21.9 Å². The third-order valence-corrected chi connectivity index (χ3v) is 5.09. The van der Waals surface area contributed by atoms with Crippen LogP contribution in [0.2, 0.25) is 0 Å². The highest BCUT2D eigenvalue weighted by atomic mass is 16.6. The number of pyridine rings is 1. The largest absolute Gasteiger partial charge is 0.450 e. The minimum absolute atomic E-state index is 0.0484. The molecule has 8 nitrogen and oxygen atoms in total. The summed E-state index contributed by atoms with van der Waals surface area (Å²) in [6, 6.07) is 16.8. The molecule has 0 spiro atoms. The summed E-state index contributed by atoms with van der Waals surface area (Å²) in [5.74, 6) is -0.191. The first kappa shape index (κ1) is 17.7. The van der Waals surface area contributed by atoms with Crippen LogP contribution in [-0.4, -0.2) is 15.8 Å². The van der Waals surface area contributed by atoms with Gasteiger partial charge in [-0.2, -0.15) is 0 Å². The highest BCUT2D eigenvalue weighted by Crippen LogP contribution is 2.40. The van der Waals surface area contributed by atoms with Crippen molar-refractivity contribution in [2.24, 2.45) is 0 Å². The lowest BCUT2D eigenvalue weighted by Gasteiger charge is -2.24. The Morgan fingerprint density at radius 2 is 1.70 bits per heavy atom. The van der Waals surface area contributed by atoms with E-state index in [2.05, 4.69) is 4.98 Å². The quantitative estimate of drug-likeness (QED) is 0.383. The molecule has 0 radical (unpaired) electrons. The Balaban J connectivity index is 1.79. The van der Waals surface area contributed by atoms with Crippen molar-refractivity contribution in [2.75, 3.05) is 4.90 Å². The number of hydrogen-bond donors (Lipinski definition) is 0. The van der Waals surface area contributed by atoms with Gasteiger partial charge in [0.1, 0.15) is 11.4 Å². The monoisotopic (exact) mass is 399 g/mol. The molecule has 8 heteroatoms. The normalized spacial score (nSPS) is 15.4. The van der Waals surface area contributed by atoms with Crippen LogP contribution in [0.1, 0.15) is 27.7 Å². The molecule has 0 bridgehead atoms. The summed E-state index contributed by atoms with van der Waals surface area (Å²) in [6.45, 7) is 0. The summed E-state index contributed by atoms with van der Waals surface area (Å²) in [5, 5.41) is 11.4. The fraction of sp³-hybridized carbons (Fsp3) is 0.0455. The summed E-state index contributed by atoms with van der Waals surface area (Å²) in [5.41, 5.74) is 0.652. The summed E-state index contributed by atoms with van der Waals surface area (Å²) >= 11 is 0. The van der Waals surface area contributed by atoms with Crippen molar-refractivity contribution in [1.82, 2.24) is 4.98 Å². The summed E-state index contributed by atoms with van der Waals surface area (Å²) in [4.78, 5) is 42.8. The number of para-hydroxylation sites is 1. The SMILES string of the molecule is O=C1c2oc3ccccc3c(=O)c2[C@@H](c2ccc([N+](=O)[O-])cc2)N1c1ccccn1. The van der Waals surface area contributed by atoms with Gasteiger partial charge in [0.15, 0.2) is 5.43 Å². The molecule has 5 rings (SSSR count). The zero-order valence-corrected chi connectivity index (χ0v) is 15.4. The third kappa shape index (κ3) is 2.58. The molecule has 0 N–H and O–H groups in total. The number of nitro groups is 1. The van der Waals surface area contributed by atoms with Crippen molar-refractivity contribution < 1.29 is 14.1 Å². The Bertz CT molecular complexity index is 1360. The smallest absolute Gasteiger partial charge is 0.296 e. The molecule has 0 saturated heterocycles. The molecule has 2 aromatic carbocycles. The molecule has 0 fully saturated rings. The van der Waals surface area contributed by atoms with E-state index in [4.69, 9.17) is 4.42 Å². The number of anilines is 1. The van der Waals surface area contributed by atoms with Crippen molar-refractivity contribution in [3.05, 3.63) is 110 Å². The maximum absolute atomic E-state index is 13.3. The zero-order chi connectivity index (χ0) is 20.8. The number of rotatable bonds is 3. The predicted molar refractivity (Wildman–Crippen MR) is 108 cm³/mol. The summed E-state index contributed by atoms with van der Waals surface area (Å²) in [6.07, 6.45) is 1.55. The Morgan fingerprint density at radius 3 is 2.40 bits per heavy atom. The summed E-state index contributed by atoms with van der Waals surface area (Å²) in [7, 11) is 0. The molecule has 1 aliphatic rings. The number of nitrogens with zero attached hydrogens (tertiary/aromatic N) is 3. The van der Waals surface area contributed by atoms with Gasteiger partial charge in [-0.3, -0.25) is 24.6 Å². The predicted octanol–water partition coefficient (Wildman–Crippen LogP) is 3.85. The van der Waals surface area contributed by atoms with Crippen molar-refractivity contribution in [2.45, 2.75) is 6.04 Å². The average Bonchev–Trinajstić information content (AvgIpc) is 3.07. The highest BCUT2D eigenvalue weighted by molar-refractivity contribution is 6.10. The standard InChI is InChI=1S/C22H13N3O5/c26-20-15-5-1-2-6-16(15)30-21-18(20)19(13-8-10-14(11-9-13)25(28)29)24(22(21)27)17-7-3-4-12-23-17/h1-12,19H/t19-/m1/s1. The van der Waals surface area contributed by atoms with Gasteiger partial charge < -0.3 is 4.42 Å². The first-order chi connectivity index (χ1) is 14.6. The molecule has 3 heterocycles. The highest BCUT2D eigenvalue weighted by Gasteiger charge is 2.44. The van der Waals surface area contributed by atoms with Gasteiger partial charge in [0, 0.05) is 18.3 Å². The molecule has 30 heavy (non-hydrogen) atoms. The van der Waals surface area contributed by atoms with E-state index in [1.54, 1.807) is 48.7 Å². The van der Waals surface area contributed by atoms with Crippen LogP contribution in [0.3, 0.4) is 0 Å².